The van der Waals surface area contributed by atoms with E-state index in [-0.39, 0.29) is 11.9 Å². The predicted molar refractivity (Wildman–Crippen MR) is 126 cm³/mol. The van der Waals surface area contributed by atoms with Gasteiger partial charge >= 0.3 is 12.0 Å². The normalized spacial score (nSPS) is 26.1. The number of aliphatic imine (C=N–C) groups is 1. The quantitative estimate of drug-likeness (QED) is 0.640. The lowest BCUT2D eigenvalue weighted by molar-refractivity contribution is -0.545. The van der Waals surface area contributed by atoms with E-state index in [1.807, 2.05) is 0 Å². The number of imide groups is 1. The van der Waals surface area contributed by atoms with Gasteiger partial charge in [-0.25, -0.2) is 14.3 Å². The number of anilines is 1. The van der Waals surface area contributed by atoms with Crippen LogP contribution in [0, 0.1) is 19.8 Å². The van der Waals surface area contributed by atoms with Crippen molar-refractivity contribution in [3.8, 4) is 0 Å². The molecule has 0 saturated carbocycles. The van der Waals surface area contributed by atoms with E-state index in [0.29, 0.717) is 38.1 Å². The molecule has 2 unspecified atom stereocenters. The molecule has 5 rings (SSSR count). The zero-order valence-corrected chi connectivity index (χ0v) is 20.0. The fourth-order valence-electron chi connectivity index (χ4n) is 5.08. The van der Waals surface area contributed by atoms with Crippen molar-refractivity contribution < 1.29 is 18.9 Å². The number of rotatable bonds is 4. The maximum atomic E-state index is 13.6. The van der Waals surface area contributed by atoms with Gasteiger partial charge in [-0.1, -0.05) is 18.0 Å². The molecule has 1 aromatic carbocycles. The number of carbonyl (C=O) groups excluding carboxylic acids is 2. The predicted octanol–water partition coefficient (Wildman–Crippen LogP) is 1.13. The topological polar surface area (TPSA) is 71.7 Å². The Kier molecular flexibility index (Phi) is 5.70. The number of hydrogen-bond acceptors (Lipinski definition) is 6. The first kappa shape index (κ1) is 22.0. The largest absolute Gasteiger partial charge is 0.397 e. The van der Waals surface area contributed by atoms with Gasteiger partial charge in [0.15, 0.2) is 0 Å². The van der Waals surface area contributed by atoms with Gasteiger partial charge in [0.2, 0.25) is 11.9 Å². The molecule has 4 aliphatic rings. The monoisotopic (exact) mass is 453 g/mol. The molecule has 0 radical (unpaired) electrons. The Labute approximate surface area is 194 Å². The maximum Gasteiger partial charge on any atom is 0.397 e. The summed E-state index contributed by atoms with van der Waals surface area (Å²) in [7, 11) is 1.73. The van der Waals surface area contributed by atoms with Crippen LogP contribution in [0.1, 0.15) is 18.1 Å². The van der Waals surface area contributed by atoms with Crippen LogP contribution in [-0.2, 0) is 9.53 Å². The van der Waals surface area contributed by atoms with E-state index in [1.54, 1.807) is 11.9 Å². The number of ether oxygens (including phenoxy) is 1. The van der Waals surface area contributed by atoms with Crippen LogP contribution in [0.15, 0.2) is 23.2 Å². The minimum Gasteiger partial charge on any atom is -0.379 e. The molecule has 176 valence electrons. The summed E-state index contributed by atoms with van der Waals surface area (Å²) in [5.41, 5.74) is 3.53. The number of amides is 3. The lowest BCUT2D eigenvalue weighted by atomic mass is 10.0. The van der Waals surface area contributed by atoms with E-state index in [2.05, 4.69) is 53.3 Å². The van der Waals surface area contributed by atoms with Crippen molar-refractivity contribution in [1.29, 1.82) is 0 Å². The fraction of sp³-hybridized carbons (Fsp3) is 0.583. The molecule has 0 aromatic heterocycles. The van der Waals surface area contributed by atoms with Crippen LogP contribution in [0.5, 0.6) is 0 Å². The van der Waals surface area contributed by atoms with Gasteiger partial charge in [0.25, 0.3) is 5.91 Å². The highest BCUT2D eigenvalue weighted by Gasteiger charge is 2.55. The number of hydrogen-bond donors (Lipinski definition) is 0. The van der Waals surface area contributed by atoms with E-state index >= 15 is 0 Å². The molecular formula is C24H33N6O3+. The Hall–Kier alpha value is -2.78. The zero-order valence-electron chi connectivity index (χ0n) is 20.0. The van der Waals surface area contributed by atoms with Gasteiger partial charge in [-0.15, -0.1) is 0 Å². The number of carbonyl (C=O) groups is 2. The summed E-state index contributed by atoms with van der Waals surface area (Å²) in [4.78, 5) is 39.0. The minimum atomic E-state index is -0.552. The minimum absolute atomic E-state index is 0.172. The van der Waals surface area contributed by atoms with Crippen LogP contribution in [0.4, 0.5) is 10.5 Å². The number of likely N-dealkylation sites (N-methyl/N-ethyl adjacent to an activating group) is 1. The Bertz CT molecular complexity index is 1040. The van der Waals surface area contributed by atoms with Crippen molar-refractivity contribution in [3.63, 3.8) is 0 Å². The Balaban J connectivity index is 1.44. The SMILES string of the molecule is Cc1ccc(N2CC(C)C[N+]3=C2N=C2C3C(=O)N(CCN3CCOCC3)C(=O)N2C)cc1C. The number of amidine groups is 1. The van der Waals surface area contributed by atoms with Crippen molar-refractivity contribution >= 4 is 29.4 Å². The van der Waals surface area contributed by atoms with Crippen molar-refractivity contribution in [2.45, 2.75) is 26.8 Å². The van der Waals surface area contributed by atoms with E-state index in [9.17, 15) is 9.59 Å². The number of urea groups is 1. The number of nitrogens with zero attached hydrogens (tertiary/aromatic N) is 6. The van der Waals surface area contributed by atoms with Gasteiger partial charge in [-0.3, -0.25) is 19.5 Å². The average Bonchev–Trinajstić information content (AvgIpc) is 3.19. The highest BCUT2D eigenvalue weighted by molar-refractivity contribution is 6.24. The first-order chi connectivity index (χ1) is 15.8. The molecule has 9 nitrogen and oxygen atoms in total. The standard InChI is InChI=1S/C24H33N6O3/c1-16-14-29(19-6-5-17(2)18(3)13-19)23-25-21-20(30(23)15-16)22(31)28(24(32)26(21)4)8-7-27-9-11-33-12-10-27/h5-6,13,16,20H,7-12,14-15H2,1-4H3/q+1. The second kappa shape index (κ2) is 8.53. The number of fused-ring (bicyclic) bond motifs is 2. The summed E-state index contributed by atoms with van der Waals surface area (Å²) in [6, 6.07) is 5.56. The van der Waals surface area contributed by atoms with Crippen molar-refractivity contribution in [1.82, 2.24) is 14.7 Å². The molecule has 1 aromatic rings. The lowest BCUT2D eigenvalue weighted by Crippen LogP contribution is -2.64. The lowest BCUT2D eigenvalue weighted by Gasteiger charge is -2.36. The molecule has 9 heteroatoms. The number of guanidine groups is 1. The second-order valence-electron chi connectivity index (χ2n) is 9.59. The first-order valence-corrected chi connectivity index (χ1v) is 11.8. The van der Waals surface area contributed by atoms with E-state index in [0.717, 1.165) is 37.8 Å². The average molecular weight is 454 g/mol. The van der Waals surface area contributed by atoms with Crippen LogP contribution >= 0.6 is 0 Å². The summed E-state index contributed by atoms with van der Waals surface area (Å²) < 4.78 is 7.50. The highest BCUT2D eigenvalue weighted by Crippen LogP contribution is 2.29. The number of morpholine rings is 1. The van der Waals surface area contributed by atoms with Crippen molar-refractivity contribution in [2.75, 3.05) is 64.4 Å². The molecule has 2 atom stereocenters. The Morgan fingerprint density at radius 2 is 1.88 bits per heavy atom. The summed E-state index contributed by atoms with van der Waals surface area (Å²) in [6.45, 7) is 12.1. The summed E-state index contributed by atoms with van der Waals surface area (Å²) in [5.74, 6) is 1.47. The fourth-order valence-corrected chi connectivity index (χ4v) is 5.08. The van der Waals surface area contributed by atoms with Crippen LogP contribution in [0.25, 0.3) is 0 Å². The van der Waals surface area contributed by atoms with Crippen LogP contribution in [0.2, 0.25) is 0 Å². The molecule has 4 heterocycles. The molecule has 2 saturated heterocycles. The molecule has 2 fully saturated rings. The van der Waals surface area contributed by atoms with Crippen LogP contribution in [-0.4, -0.2) is 109 Å². The molecule has 0 bridgehead atoms. The van der Waals surface area contributed by atoms with Gasteiger partial charge in [0.1, 0.15) is 5.69 Å². The number of aryl methyl sites for hydroxylation is 2. The Morgan fingerprint density at radius 3 is 2.61 bits per heavy atom. The third kappa shape index (κ3) is 3.83. The van der Waals surface area contributed by atoms with Gasteiger partial charge < -0.3 is 4.74 Å². The number of benzene rings is 1. The molecule has 0 spiro atoms. The van der Waals surface area contributed by atoms with Crippen LogP contribution < -0.4 is 4.90 Å². The van der Waals surface area contributed by atoms with Gasteiger partial charge in [0.05, 0.1) is 26.3 Å². The Morgan fingerprint density at radius 1 is 1.12 bits per heavy atom. The molecule has 4 aliphatic heterocycles. The molecular weight excluding hydrogens is 420 g/mol. The summed E-state index contributed by atoms with van der Waals surface area (Å²) in [6.07, 6.45) is 0. The molecule has 3 amide bonds. The molecule has 0 N–H and O–H groups in total. The summed E-state index contributed by atoms with van der Waals surface area (Å²) >= 11 is 0. The molecule has 33 heavy (non-hydrogen) atoms. The van der Waals surface area contributed by atoms with Crippen molar-refractivity contribution in [3.05, 3.63) is 29.3 Å². The van der Waals surface area contributed by atoms with Crippen molar-refractivity contribution in [2.24, 2.45) is 10.9 Å². The van der Waals surface area contributed by atoms with Crippen LogP contribution in [0.3, 0.4) is 0 Å². The third-order valence-corrected chi connectivity index (χ3v) is 7.18. The second-order valence-corrected chi connectivity index (χ2v) is 9.59. The van der Waals surface area contributed by atoms with Gasteiger partial charge in [-0.2, -0.15) is 0 Å². The maximum absolute atomic E-state index is 13.6. The van der Waals surface area contributed by atoms with Gasteiger partial charge in [-0.05, 0) is 37.1 Å². The zero-order chi connectivity index (χ0) is 23.3. The van der Waals surface area contributed by atoms with E-state index < -0.39 is 6.04 Å². The summed E-state index contributed by atoms with van der Waals surface area (Å²) in [5, 5.41) is 0. The first-order valence-electron chi connectivity index (χ1n) is 11.8. The van der Waals surface area contributed by atoms with Gasteiger partial charge in [0, 0.05) is 39.1 Å². The third-order valence-electron chi connectivity index (χ3n) is 7.18. The molecule has 0 aliphatic carbocycles. The smallest absolute Gasteiger partial charge is 0.379 e. The van der Waals surface area contributed by atoms with E-state index in [4.69, 9.17) is 9.73 Å². The highest BCUT2D eigenvalue weighted by atomic mass is 16.5. The van der Waals surface area contributed by atoms with E-state index in [1.165, 1.54) is 16.0 Å².